The Morgan fingerprint density at radius 2 is 2.07 bits per heavy atom. The number of halogens is 3. The van der Waals surface area contributed by atoms with Gasteiger partial charge < -0.3 is 4.74 Å². The number of benzene rings is 1. The molecule has 0 atom stereocenters. The highest BCUT2D eigenvalue weighted by atomic mass is 32.1. The Hall–Kier alpha value is -1.23. The summed E-state index contributed by atoms with van der Waals surface area (Å²) < 4.78 is 39.3. The zero-order chi connectivity index (χ0) is 10.2. The number of alkyl halides is 3. The van der Waals surface area contributed by atoms with E-state index in [4.69, 9.17) is 0 Å². The zero-order valence-electron chi connectivity index (χ0n) is 6.76. The van der Waals surface area contributed by atoms with Crippen molar-refractivity contribution in [1.82, 2.24) is 0 Å². The van der Waals surface area contributed by atoms with Gasteiger partial charge in [0.05, 0.1) is 5.38 Å². The molecule has 1 aromatic heterocycles. The van der Waals surface area contributed by atoms with Crippen LogP contribution in [0.2, 0.25) is 0 Å². The number of ether oxygens (including phenoxy) is 1. The van der Waals surface area contributed by atoms with Crippen LogP contribution in [0.3, 0.4) is 0 Å². The lowest BCUT2D eigenvalue weighted by molar-refractivity contribution is -0.274. The second kappa shape index (κ2) is 3.16. The van der Waals surface area contributed by atoms with Gasteiger partial charge >= 0.3 is 6.36 Å². The van der Waals surface area contributed by atoms with Crippen LogP contribution in [0.5, 0.6) is 5.75 Å². The predicted molar refractivity (Wildman–Crippen MR) is 47.3 cm³/mol. The number of fused-ring (bicyclic) bond motifs is 1. The second-order valence-electron chi connectivity index (χ2n) is 2.63. The molecule has 2 rings (SSSR count). The molecule has 2 aromatic rings. The van der Waals surface area contributed by atoms with Crippen LogP contribution in [-0.2, 0) is 0 Å². The van der Waals surface area contributed by atoms with Crippen molar-refractivity contribution in [2.45, 2.75) is 6.36 Å². The highest BCUT2D eigenvalue weighted by molar-refractivity contribution is 7.08. The molecule has 1 radical (unpaired) electrons. The van der Waals surface area contributed by atoms with Crippen LogP contribution < -0.4 is 4.74 Å². The molecule has 73 valence electrons. The van der Waals surface area contributed by atoms with Crippen molar-refractivity contribution in [3.63, 3.8) is 0 Å². The maximum Gasteiger partial charge on any atom is 0.573 e. The van der Waals surface area contributed by atoms with Gasteiger partial charge in [-0.3, -0.25) is 0 Å². The quantitative estimate of drug-likeness (QED) is 0.709. The monoisotopic (exact) mass is 217 g/mol. The lowest BCUT2D eigenvalue weighted by Gasteiger charge is -2.08. The van der Waals surface area contributed by atoms with Gasteiger partial charge in [0.1, 0.15) is 5.75 Å². The largest absolute Gasteiger partial charge is 0.573 e. The Kier molecular flexibility index (Phi) is 2.11. The molecule has 0 saturated heterocycles. The van der Waals surface area contributed by atoms with Gasteiger partial charge in [-0.15, -0.1) is 24.5 Å². The van der Waals surface area contributed by atoms with Crippen molar-refractivity contribution < 1.29 is 17.9 Å². The lowest BCUT2D eigenvalue weighted by Crippen LogP contribution is -2.16. The maximum absolute atomic E-state index is 11.8. The van der Waals surface area contributed by atoms with Crippen molar-refractivity contribution in [2.24, 2.45) is 0 Å². The van der Waals surface area contributed by atoms with Gasteiger partial charge in [-0.25, -0.2) is 0 Å². The highest BCUT2D eigenvalue weighted by Gasteiger charge is 2.31. The maximum atomic E-state index is 11.8. The molecule has 0 fully saturated rings. The fourth-order valence-electron chi connectivity index (χ4n) is 1.08. The first-order valence-corrected chi connectivity index (χ1v) is 4.57. The van der Waals surface area contributed by atoms with E-state index < -0.39 is 6.36 Å². The molecule has 0 bridgehead atoms. The van der Waals surface area contributed by atoms with E-state index in [1.54, 1.807) is 11.4 Å². The fraction of sp³-hybridized carbons (Fsp3) is 0.111. The van der Waals surface area contributed by atoms with Gasteiger partial charge in [0.15, 0.2) is 0 Å². The average molecular weight is 217 g/mol. The molecule has 1 aromatic carbocycles. The smallest absolute Gasteiger partial charge is 0.406 e. The average Bonchev–Trinajstić information content (AvgIpc) is 2.47. The van der Waals surface area contributed by atoms with E-state index in [0.717, 1.165) is 5.39 Å². The van der Waals surface area contributed by atoms with Gasteiger partial charge in [-0.05, 0) is 29.0 Å². The van der Waals surface area contributed by atoms with Crippen LogP contribution in [0.15, 0.2) is 23.6 Å². The van der Waals surface area contributed by atoms with Crippen LogP contribution in [0.25, 0.3) is 10.8 Å². The Bertz CT molecular complexity index is 446. The molecular formula is C9H4F3OS. The topological polar surface area (TPSA) is 9.23 Å². The van der Waals surface area contributed by atoms with Crippen LogP contribution >= 0.6 is 11.3 Å². The van der Waals surface area contributed by atoms with E-state index in [9.17, 15) is 13.2 Å². The molecule has 0 spiro atoms. The minimum Gasteiger partial charge on any atom is -0.406 e. The molecule has 1 heterocycles. The molecule has 14 heavy (non-hydrogen) atoms. The van der Waals surface area contributed by atoms with Gasteiger partial charge in [0.2, 0.25) is 0 Å². The Balaban J connectivity index is 2.35. The van der Waals surface area contributed by atoms with Crippen molar-refractivity contribution in [2.75, 3.05) is 0 Å². The number of hydrogen-bond acceptors (Lipinski definition) is 2. The third kappa shape index (κ3) is 1.98. The van der Waals surface area contributed by atoms with Gasteiger partial charge in [-0.1, -0.05) is 0 Å². The van der Waals surface area contributed by atoms with Gasteiger partial charge in [0.25, 0.3) is 0 Å². The van der Waals surface area contributed by atoms with Gasteiger partial charge in [-0.2, -0.15) is 0 Å². The van der Waals surface area contributed by atoms with E-state index in [1.165, 1.54) is 23.5 Å². The summed E-state index contributed by atoms with van der Waals surface area (Å²) in [6, 6.07) is 4.17. The lowest BCUT2D eigenvalue weighted by atomic mass is 10.2. The summed E-state index contributed by atoms with van der Waals surface area (Å²) in [7, 11) is 0. The molecule has 0 aliphatic heterocycles. The van der Waals surface area contributed by atoms with Crippen LogP contribution in [0.1, 0.15) is 0 Å². The summed E-state index contributed by atoms with van der Waals surface area (Å²) in [6.45, 7) is 0. The number of thiophene rings is 1. The molecular weight excluding hydrogens is 213 g/mol. The summed E-state index contributed by atoms with van der Waals surface area (Å²) in [4.78, 5) is 0. The van der Waals surface area contributed by atoms with Gasteiger partial charge in [0, 0.05) is 5.39 Å². The first-order valence-electron chi connectivity index (χ1n) is 3.69. The molecule has 0 amide bonds. The van der Waals surface area contributed by atoms with Crippen LogP contribution in [0.4, 0.5) is 13.2 Å². The van der Waals surface area contributed by atoms with E-state index in [0.29, 0.717) is 5.39 Å². The molecule has 0 unspecified atom stereocenters. The van der Waals surface area contributed by atoms with E-state index >= 15 is 0 Å². The summed E-state index contributed by atoms with van der Waals surface area (Å²) >= 11 is 1.32. The SMILES string of the molecule is FC(F)(F)Oc1ccc2[c]scc2c1. The van der Waals surface area contributed by atoms with Crippen molar-refractivity contribution in [3.05, 3.63) is 29.0 Å². The molecule has 0 aliphatic rings. The highest BCUT2D eigenvalue weighted by Crippen LogP contribution is 2.27. The first-order chi connectivity index (χ1) is 6.54. The summed E-state index contributed by atoms with van der Waals surface area (Å²) in [5.41, 5.74) is 0. The molecule has 0 saturated carbocycles. The minimum absolute atomic E-state index is 0.197. The molecule has 5 heteroatoms. The fourth-order valence-corrected chi connectivity index (χ4v) is 1.78. The third-order valence-electron chi connectivity index (χ3n) is 1.61. The molecule has 0 N–H and O–H groups in total. The van der Waals surface area contributed by atoms with Crippen molar-refractivity contribution >= 4 is 22.1 Å². The second-order valence-corrected chi connectivity index (χ2v) is 3.31. The Labute approximate surface area is 81.7 Å². The van der Waals surface area contributed by atoms with E-state index in [-0.39, 0.29) is 5.75 Å². The van der Waals surface area contributed by atoms with Crippen molar-refractivity contribution in [3.8, 4) is 5.75 Å². The number of rotatable bonds is 1. The summed E-state index contributed by atoms with van der Waals surface area (Å²) in [5, 5.41) is 6.14. The minimum atomic E-state index is -4.63. The number of hydrogen-bond donors (Lipinski definition) is 0. The summed E-state index contributed by atoms with van der Waals surface area (Å²) in [5.74, 6) is -0.197. The summed E-state index contributed by atoms with van der Waals surface area (Å²) in [6.07, 6.45) is -4.63. The molecule has 1 nitrogen and oxygen atoms in total. The Morgan fingerprint density at radius 1 is 1.29 bits per heavy atom. The zero-order valence-corrected chi connectivity index (χ0v) is 7.58. The third-order valence-corrected chi connectivity index (χ3v) is 2.32. The normalized spacial score (nSPS) is 11.9. The predicted octanol–water partition coefficient (Wildman–Crippen LogP) is 3.60. The van der Waals surface area contributed by atoms with E-state index in [2.05, 4.69) is 10.1 Å². The van der Waals surface area contributed by atoms with Crippen molar-refractivity contribution in [1.29, 1.82) is 0 Å². The van der Waals surface area contributed by atoms with E-state index in [1.807, 2.05) is 0 Å². The Morgan fingerprint density at radius 3 is 2.79 bits per heavy atom. The standard InChI is InChI=1S/C9H4F3OS/c10-9(11,12)13-8-2-1-6-4-14-5-7(6)3-8/h1-3,5H. The van der Waals surface area contributed by atoms with Crippen LogP contribution in [-0.4, -0.2) is 6.36 Å². The van der Waals surface area contributed by atoms with Crippen LogP contribution in [0, 0.1) is 5.38 Å². The molecule has 0 aliphatic carbocycles. The first kappa shape index (κ1) is 9.33.